The average molecular weight is 184 g/mol. The van der Waals surface area contributed by atoms with E-state index in [2.05, 4.69) is 9.50 Å². The Balaban J connectivity index is 0. The summed E-state index contributed by atoms with van der Waals surface area (Å²) in [5, 5.41) is 2.75. The molecule has 70 valence electrons. The van der Waals surface area contributed by atoms with E-state index in [1.54, 1.807) is 0 Å². The Kier molecular flexibility index (Phi) is 9.68. The second-order valence-electron chi connectivity index (χ2n) is 1.81. The van der Waals surface area contributed by atoms with Crippen LogP contribution in [0.4, 0.5) is 0 Å². The third kappa shape index (κ3) is 25.8. The maximum absolute atomic E-state index is 10.1. The molecule has 0 aliphatic rings. The maximum atomic E-state index is 10.1. The summed E-state index contributed by atoms with van der Waals surface area (Å²) in [6.45, 7) is 0.298. The van der Waals surface area contributed by atoms with Crippen molar-refractivity contribution in [2.75, 3.05) is 33.5 Å². The van der Waals surface area contributed by atoms with Crippen LogP contribution in [0.1, 0.15) is 0 Å². The summed E-state index contributed by atoms with van der Waals surface area (Å²) < 4.78 is 24.5. The van der Waals surface area contributed by atoms with Gasteiger partial charge >= 0.3 is 0 Å². The molecule has 6 heteroatoms. The van der Waals surface area contributed by atoms with E-state index < -0.39 is 10.1 Å². The summed E-state index contributed by atoms with van der Waals surface area (Å²) >= 11 is 0. The Hall–Kier alpha value is -0.170. The van der Waals surface area contributed by atoms with E-state index in [0.29, 0.717) is 0 Å². The Labute approximate surface area is 68.0 Å². The molecule has 0 heterocycles. The van der Waals surface area contributed by atoms with Gasteiger partial charge < -0.3 is 11.1 Å². The lowest BCUT2D eigenvalue weighted by atomic mass is 10.8. The van der Waals surface area contributed by atoms with Gasteiger partial charge in [-0.25, -0.2) is 0 Å². The number of rotatable bonds is 3. The predicted molar refractivity (Wildman–Crippen MR) is 44.8 cm³/mol. The van der Waals surface area contributed by atoms with Crippen LogP contribution < -0.4 is 11.1 Å². The first-order valence-corrected chi connectivity index (χ1v) is 4.92. The van der Waals surface area contributed by atoms with Gasteiger partial charge in [0.05, 0.1) is 12.9 Å². The van der Waals surface area contributed by atoms with Gasteiger partial charge in [0.25, 0.3) is 10.1 Å². The lowest BCUT2D eigenvalue weighted by Crippen LogP contribution is -2.12. The predicted octanol–water partition coefficient (Wildman–Crippen LogP) is -1.24. The summed E-state index contributed by atoms with van der Waals surface area (Å²) in [6, 6.07) is 0. The third-order valence-electron chi connectivity index (χ3n) is 0.415. The van der Waals surface area contributed by atoms with E-state index in [-0.39, 0.29) is 13.2 Å². The van der Waals surface area contributed by atoms with Crippen molar-refractivity contribution >= 4 is 10.1 Å². The maximum Gasteiger partial charge on any atom is 0.264 e. The fourth-order valence-corrected chi connectivity index (χ4v) is 0.598. The Bertz CT molecular complexity index is 155. The van der Waals surface area contributed by atoms with Crippen LogP contribution in [0.25, 0.3) is 0 Å². The molecule has 0 radical (unpaired) electrons. The first kappa shape index (κ1) is 13.4. The van der Waals surface area contributed by atoms with Gasteiger partial charge in [-0.3, -0.25) is 4.18 Å². The smallest absolute Gasteiger partial charge is 0.264 e. The first-order valence-electron chi connectivity index (χ1n) is 3.11. The molecule has 0 aromatic rings. The largest absolute Gasteiger partial charge is 0.328 e. The summed E-state index contributed by atoms with van der Waals surface area (Å²) in [4.78, 5) is 0. The van der Waals surface area contributed by atoms with Crippen molar-refractivity contribution in [1.29, 1.82) is 0 Å². The lowest BCUT2D eigenvalue weighted by Gasteiger charge is -1.94. The van der Waals surface area contributed by atoms with Gasteiger partial charge in [0, 0.05) is 6.54 Å². The SMILES string of the molecule is CNC.CS(=O)(=O)OCCN. The van der Waals surface area contributed by atoms with Gasteiger partial charge in [-0.15, -0.1) is 0 Å². The molecule has 5 nitrogen and oxygen atoms in total. The minimum Gasteiger partial charge on any atom is -0.328 e. The van der Waals surface area contributed by atoms with Crippen LogP contribution in [0.15, 0.2) is 0 Å². The van der Waals surface area contributed by atoms with Crippen molar-refractivity contribution in [3.05, 3.63) is 0 Å². The molecule has 0 aliphatic heterocycles. The normalized spacial score (nSPS) is 10.2. The van der Waals surface area contributed by atoms with Crippen molar-refractivity contribution in [1.82, 2.24) is 5.32 Å². The highest BCUT2D eigenvalue weighted by Crippen LogP contribution is 1.82. The van der Waals surface area contributed by atoms with E-state index in [1.165, 1.54) is 0 Å². The number of nitrogens with one attached hydrogen (secondary N) is 1. The minimum absolute atomic E-state index is 0.0683. The van der Waals surface area contributed by atoms with Crippen LogP contribution in [-0.4, -0.2) is 41.9 Å². The Morgan fingerprint density at radius 2 is 1.82 bits per heavy atom. The fraction of sp³-hybridized carbons (Fsp3) is 1.00. The standard InChI is InChI=1S/C3H9NO3S.C2H7N/c1-8(5,6)7-3-2-4;1-3-2/h2-4H2,1H3;3H,1-2H3. The topological polar surface area (TPSA) is 81.4 Å². The zero-order valence-electron chi connectivity index (χ0n) is 7.12. The lowest BCUT2D eigenvalue weighted by molar-refractivity contribution is 0.331. The van der Waals surface area contributed by atoms with E-state index in [9.17, 15) is 8.42 Å². The van der Waals surface area contributed by atoms with E-state index in [0.717, 1.165) is 6.26 Å². The van der Waals surface area contributed by atoms with E-state index in [4.69, 9.17) is 5.73 Å². The summed E-state index contributed by atoms with van der Waals surface area (Å²) in [7, 11) is 0.484. The number of nitrogens with two attached hydrogens (primary N) is 1. The molecule has 11 heavy (non-hydrogen) atoms. The zero-order chi connectivity index (χ0) is 9.33. The molecule has 0 aliphatic carbocycles. The summed E-state index contributed by atoms with van der Waals surface area (Å²) in [5.74, 6) is 0. The highest BCUT2D eigenvalue weighted by atomic mass is 32.2. The molecule has 0 spiro atoms. The van der Waals surface area contributed by atoms with Crippen molar-refractivity contribution in [3.8, 4) is 0 Å². The van der Waals surface area contributed by atoms with E-state index in [1.807, 2.05) is 14.1 Å². The third-order valence-corrected chi connectivity index (χ3v) is 1.01. The highest BCUT2D eigenvalue weighted by Gasteiger charge is 1.97. The van der Waals surface area contributed by atoms with Crippen LogP contribution in [0.3, 0.4) is 0 Å². The molecule has 0 amide bonds. The van der Waals surface area contributed by atoms with Crippen LogP contribution in [-0.2, 0) is 14.3 Å². The quantitative estimate of drug-likeness (QED) is 0.536. The van der Waals surface area contributed by atoms with Crippen LogP contribution in [0.2, 0.25) is 0 Å². The van der Waals surface area contributed by atoms with Crippen LogP contribution >= 0.6 is 0 Å². The average Bonchev–Trinajstić information content (AvgIpc) is 1.84. The Morgan fingerprint density at radius 3 is 1.91 bits per heavy atom. The molecule has 3 N–H and O–H groups in total. The minimum atomic E-state index is -3.27. The van der Waals surface area contributed by atoms with Crippen molar-refractivity contribution in [3.63, 3.8) is 0 Å². The monoisotopic (exact) mass is 184 g/mol. The summed E-state index contributed by atoms with van der Waals surface area (Å²) in [5.41, 5.74) is 4.95. The molecule has 0 aromatic heterocycles. The molecule has 0 saturated heterocycles. The molecule has 0 rings (SSSR count). The van der Waals surface area contributed by atoms with Crippen molar-refractivity contribution < 1.29 is 12.6 Å². The molecule has 0 bridgehead atoms. The molecule has 0 fully saturated rings. The molecule has 0 saturated carbocycles. The Morgan fingerprint density at radius 1 is 1.45 bits per heavy atom. The van der Waals surface area contributed by atoms with Crippen molar-refractivity contribution in [2.45, 2.75) is 0 Å². The molecular formula is C5H16N2O3S. The van der Waals surface area contributed by atoms with Crippen LogP contribution in [0, 0.1) is 0 Å². The second kappa shape index (κ2) is 7.93. The molecule has 0 unspecified atom stereocenters. The van der Waals surface area contributed by atoms with Crippen molar-refractivity contribution in [2.24, 2.45) is 5.73 Å². The first-order chi connectivity index (χ1) is 4.97. The summed E-state index contributed by atoms with van der Waals surface area (Å²) in [6.07, 6.45) is 0.989. The van der Waals surface area contributed by atoms with Crippen LogP contribution in [0.5, 0.6) is 0 Å². The molecular weight excluding hydrogens is 168 g/mol. The van der Waals surface area contributed by atoms with Gasteiger partial charge in [0.1, 0.15) is 0 Å². The van der Waals surface area contributed by atoms with Gasteiger partial charge in [-0.2, -0.15) is 8.42 Å². The number of hydrogen-bond donors (Lipinski definition) is 2. The highest BCUT2D eigenvalue weighted by molar-refractivity contribution is 7.85. The van der Waals surface area contributed by atoms with Gasteiger partial charge in [-0.1, -0.05) is 0 Å². The van der Waals surface area contributed by atoms with Gasteiger partial charge in [-0.05, 0) is 14.1 Å². The fourth-order valence-electron chi connectivity index (χ4n) is 0.199. The molecule has 0 aromatic carbocycles. The zero-order valence-corrected chi connectivity index (χ0v) is 7.94. The second-order valence-corrected chi connectivity index (χ2v) is 3.46. The van der Waals surface area contributed by atoms with Gasteiger partial charge in [0.15, 0.2) is 0 Å². The molecule has 0 atom stereocenters. The number of hydrogen-bond acceptors (Lipinski definition) is 5. The van der Waals surface area contributed by atoms with Gasteiger partial charge in [0.2, 0.25) is 0 Å². The van der Waals surface area contributed by atoms with E-state index >= 15 is 0 Å².